The van der Waals surface area contributed by atoms with E-state index in [1.54, 1.807) is 4.90 Å². The quantitative estimate of drug-likeness (QED) is 0.927. The monoisotopic (exact) mass is 311 g/mol. The van der Waals surface area contributed by atoms with Crippen molar-refractivity contribution in [3.05, 3.63) is 34.3 Å². The molecule has 1 heterocycles. The van der Waals surface area contributed by atoms with Gasteiger partial charge in [-0.15, -0.1) is 0 Å². The van der Waals surface area contributed by atoms with Gasteiger partial charge < -0.3 is 15.5 Å². The lowest BCUT2D eigenvalue weighted by Gasteiger charge is -2.18. The summed E-state index contributed by atoms with van der Waals surface area (Å²) in [6.45, 7) is 2.11. The molecule has 18 heavy (non-hydrogen) atoms. The van der Waals surface area contributed by atoms with Gasteiger partial charge in [0.2, 0.25) is 0 Å². The van der Waals surface area contributed by atoms with Gasteiger partial charge in [0.1, 0.15) is 0 Å². The molecule has 0 spiro atoms. The Morgan fingerprint density at radius 2 is 2.06 bits per heavy atom. The van der Waals surface area contributed by atoms with Gasteiger partial charge in [0.05, 0.1) is 6.04 Å². The van der Waals surface area contributed by atoms with Crippen molar-refractivity contribution in [2.24, 2.45) is 5.73 Å². The summed E-state index contributed by atoms with van der Waals surface area (Å²) in [5.41, 5.74) is 6.66. The van der Waals surface area contributed by atoms with Gasteiger partial charge in [0.25, 0.3) is 0 Å². The number of rotatable bonds is 4. The summed E-state index contributed by atoms with van der Waals surface area (Å²) >= 11 is 3.42. The Balaban J connectivity index is 2.10. The summed E-state index contributed by atoms with van der Waals surface area (Å²) in [7, 11) is 1.86. The van der Waals surface area contributed by atoms with Crippen molar-refractivity contribution < 1.29 is 4.79 Å². The molecule has 0 aliphatic carbocycles. The molecule has 0 bridgehead atoms. The summed E-state index contributed by atoms with van der Waals surface area (Å²) in [4.78, 5) is 15.7. The average Bonchev–Trinajstić information content (AvgIpc) is 2.65. The Bertz CT molecular complexity index is 421. The Kier molecular flexibility index (Phi) is 4.24. The number of carbonyl (C=O) groups is 1. The summed E-state index contributed by atoms with van der Waals surface area (Å²) in [6, 6.07) is 8.38. The lowest BCUT2D eigenvalue weighted by atomic mass is 10.1. The molecule has 2 amide bonds. The van der Waals surface area contributed by atoms with E-state index in [1.807, 2.05) is 24.1 Å². The molecule has 1 unspecified atom stereocenters. The number of hydrogen-bond acceptors (Lipinski definition) is 2. The zero-order chi connectivity index (χ0) is 13.1. The first-order chi connectivity index (χ1) is 8.63. The second-order valence-corrected chi connectivity index (χ2v) is 5.46. The fourth-order valence-corrected chi connectivity index (χ4v) is 2.51. The second kappa shape index (κ2) is 5.71. The number of carbonyl (C=O) groups excluding carboxylic acids is 1. The molecule has 5 heteroatoms. The van der Waals surface area contributed by atoms with Crippen molar-refractivity contribution >= 4 is 22.0 Å². The third-order valence-corrected chi connectivity index (χ3v) is 3.85. The van der Waals surface area contributed by atoms with Gasteiger partial charge in [-0.05, 0) is 30.7 Å². The number of halogens is 1. The maximum atomic E-state index is 12.1. The molecule has 2 rings (SSSR count). The lowest BCUT2D eigenvalue weighted by molar-refractivity contribution is 0.195. The van der Waals surface area contributed by atoms with Crippen LogP contribution in [0.4, 0.5) is 4.79 Å². The highest BCUT2D eigenvalue weighted by molar-refractivity contribution is 9.10. The van der Waals surface area contributed by atoms with Gasteiger partial charge in [0, 0.05) is 24.6 Å². The Labute approximate surface area is 116 Å². The first-order valence-electron chi connectivity index (χ1n) is 6.10. The molecule has 1 aromatic rings. The number of benzene rings is 1. The van der Waals surface area contributed by atoms with E-state index < -0.39 is 0 Å². The standard InChI is InChI=1S/C13H18BrN3O/c1-16-12(10-3-5-11(14)6-4-10)9-17(13(16)18)8-2-7-15/h3-6,12H,2,7-9,15H2,1H3. The number of nitrogens with two attached hydrogens (primary N) is 1. The first kappa shape index (κ1) is 13.4. The number of amides is 2. The van der Waals surface area contributed by atoms with Crippen molar-refractivity contribution in [3.63, 3.8) is 0 Å². The van der Waals surface area contributed by atoms with Crippen molar-refractivity contribution in [3.8, 4) is 0 Å². The second-order valence-electron chi connectivity index (χ2n) is 4.55. The molecular formula is C13H18BrN3O. The molecule has 1 aliphatic rings. The lowest BCUT2D eigenvalue weighted by Crippen LogP contribution is -2.31. The van der Waals surface area contributed by atoms with Crippen LogP contribution in [0, 0.1) is 0 Å². The Morgan fingerprint density at radius 1 is 1.39 bits per heavy atom. The van der Waals surface area contributed by atoms with Crippen molar-refractivity contribution in [2.75, 3.05) is 26.7 Å². The first-order valence-corrected chi connectivity index (χ1v) is 6.90. The Morgan fingerprint density at radius 3 is 2.67 bits per heavy atom. The van der Waals surface area contributed by atoms with E-state index in [4.69, 9.17) is 5.73 Å². The molecule has 0 aromatic heterocycles. The van der Waals surface area contributed by atoms with Crippen molar-refractivity contribution in [1.82, 2.24) is 9.80 Å². The van der Waals surface area contributed by atoms with E-state index in [0.29, 0.717) is 6.54 Å². The SMILES string of the molecule is CN1C(=O)N(CCCN)CC1c1ccc(Br)cc1. The number of likely N-dealkylation sites (N-methyl/N-ethyl adjacent to an activating group) is 1. The zero-order valence-corrected chi connectivity index (χ0v) is 12.1. The van der Waals surface area contributed by atoms with Gasteiger partial charge >= 0.3 is 6.03 Å². The third-order valence-electron chi connectivity index (χ3n) is 3.32. The molecule has 0 saturated carbocycles. The van der Waals surface area contributed by atoms with Crippen molar-refractivity contribution in [2.45, 2.75) is 12.5 Å². The number of hydrogen-bond donors (Lipinski definition) is 1. The molecule has 1 aromatic carbocycles. The van der Waals surface area contributed by atoms with Crippen LogP contribution in [-0.4, -0.2) is 42.5 Å². The van der Waals surface area contributed by atoms with E-state index in [9.17, 15) is 4.79 Å². The van der Waals surface area contributed by atoms with E-state index >= 15 is 0 Å². The molecule has 1 saturated heterocycles. The molecule has 98 valence electrons. The number of urea groups is 1. The maximum Gasteiger partial charge on any atom is 0.320 e. The molecular weight excluding hydrogens is 294 g/mol. The highest BCUT2D eigenvalue weighted by Crippen LogP contribution is 2.28. The van der Waals surface area contributed by atoms with E-state index in [0.717, 1.165) is 24.0 Å². The Hall–Kier alpha value is -1.07. The molecule has 2 N–H and O–H groups in total. The molecule has 4 nitrogen and oxygen atoms in total. The van der Waals surface area contributed by atoms with Crippen LogP contribution < -0.4 is 5.73 Å². The molecule has 1 fully saturated rings. The highest BCUT2D eigenvalue weighted by atomic mass is 79.9. The highest BCUT2D eigenvalue weighted by Gasteiger charge is 2.34. The molecule has 1 atom stereocenters. The number of nitrogens with zero attached hydrogens (tertiary/aromatic N) is 2. The third kappa shape index (κ3) is 2.67. The van der Waals surface area contributed by atoms with E-state index in [-0.39, 0.29) is 12.1 Å². The van der Waals surface area contributed by atoms with Crippen LogP contribution in [0.3, 0.4) is 0 Å². The summed E-state index contributed by atoms with van der Waals surface area (Å²) in [5, 5.41) is 0. The fourth-order valence-electron chi connectivity index (χ4n) is 2.25. The minimum absolute atomic E-state index is 0.0939. The predicted molar refractivity (Wildman–Crippen MR) is 75.3 cm³/mol. The van der Waals surface area contributed by atoms with Gasteiger partial charge in [-0.2, -0.15) is 0 Å². The van der Waals surface area contributed by atoms with E-state index in [2.05, 4.69) is 28.1 Å². The minimum atomic E-state index is 0.0939. The van der Waals surface area contributed by atoms with Crippen LogP contribution in [-0.2, 0) is 0 Å². The summed E-state index contributed by atoms with van der Waals surface area (Å²) in [6.07, 6.45) is 0.854. The topological polar surface area (TPSA) is 49.6 Å². The normalized spacial score (nSPS) is 19.7. The fraction of sp³-hybridized carbons (Fsp3) is 0.462. The van der Waals surface area contributed by atoms with Crippen LogP contribution >= 0.6 is 15.9 Å². The van der Waals surface area contributed by atoms with Gasteiger partial charge in [-0.25, -0.2) is 4.79 Å². The van der Waals surface area contributed by atoms with E-state index in [1.165, 1.54) is 5.56 Å². The zero-order valence-electron chi connectivity index (χ0n) is 10.5. The minimum Gasteiger partial charge on any atom is -0.330 e. The van der Waals surface area contributed by atoms with Crippen LogP contribution in [0.25, 0.3) is 0 Å². The van der Waals surface area contributed by atoms with Crippen LogP contribution in [0.5, 0.6) is 0 Å². The van der Waals surface area contributed by atoms with Crippen LogP contribution in [0.15, 0.2) is 28.7 Å². The molecule has 1 aliphatic heterocycles. The van der Waals surface area contributed by atoms with Crippen molar-refractivity contribution in [1.29, 1.82) is 0 Å². The average molecular weight is 312 g/mol. The van der Waals surface area contributed by atoms with Gasteiger partial charge in [-0.1, -0.05) is 28.1 Å². The van der Waals surface area contributed by atoms with Gasteiger partial charge in [-0.3, -0.25) is 0 Å². The predicted octanol–water partition coefficient (Wildman–Crippen LogP) is 2.21. The maximum absolute atomic E-state index is 12.1. The van der Waals surface area contributed by atoms with Crippen LogP contribution in [0.1, 0.15) is 18.0 Å². The van der Waals surface area contributed by atoms with Crippen LogP contribution in [0.2, 0.25) is 0 Å². The van der Waals surface area contributed by atoms with Gasteiger partial charge in [0.15, 0.2) is 0 Å². The largest absolute Gasteiger partial charge is 0.330 e. The summed E-state index contributed by atoms with van der Waals surface area (Å²) < 4.78 is 1.05. The molecule has 0 radical (unpaired) electrons. The summed E-state index contributed by atoms with van der Waals surface area (Å²) in [5.74, 6) is 0. The smallest absolute Gasteiger partial charge is 0.320 e.